The van der Waals surface area contributed by atoms with Gasteiger partial charge in [-0.25, -0.2) is 9.67 Å². The van der Waals surface area contributed by atoms with E-state index in [1.807, 2.05) is 6.92 Å². The summed E-state index contributed by atoms with van der Waals surface area (Å²) in [6.07, 6.45) is 2.30. The van der Waals surface area contributed by atoms with E-state index in [1.165, 1.54) is 13.3 Å². The average molecular weight is 245 g/mol. The second-order valence-corrected chi connectivity index (χ2v) is 5.16. The zero-order valence-electron chi connectivity index (χ0n) is 9.29. The van der Waals surface area contributed by atoms with E-state index in [2.05, 4.69) is 10.1 Å². The van der Waals surface area contributed by atoms with Crippen LogP contribution in [0.1, 0.15) is 26.1 Å². The first kappa shape index (κ1) is 12.8. The number of nitrogens with zero attached hydrogens (tertiary/aromatic N) is 3. The molecule has 90 valence electrons. The van der Waals surface area contributed by atoms with Crippen LogP contribution < -0.4 is 0 Å². The van der Waals surface area contributed by atoms with Gasteiger partial charge in [-0.05, 0) is 13.3 Å². The molecule has 0 aliphatic rings. The molecule has 0 spiro atoms. The number of hydrogen-bond acceptors (Lipinski definition) is 4. The second-order valence-electron chi connectivity index (χ2n) is 3.40. The minimum absolute atomic E-state index is 0.132. The maximum Gasteiger partial charge on any atom is 0.318 e. The number of aromatic nitrogens is 3. The molecule has 0 saturated heterocycles. The topological polar surface area (TPSA) is 85.1 Å². The molecule has 0 aromatic carbocycles. The molecule has 0 amide bonds. The van der Waals surface area contributed by atoms with E-state index in [-0.39, 0.29) is 5.75 Å². The summed E-state index contributed by atoms with van der Waals surface area (Å²) in [7, 11) is -1.46. The Kier molecular flexibility index (Phi) is 4.60. The number of rotatable bonds is 6. The lowest BCUT2D eigenvalue weighted by Gasteiger charge is -2.07. The predicted molar refractivity (Wildman–Crippen MR) is 59.3 cm³/mol. The third-order valence-electron chi connectivity index (χ3n) is 2.14. The summed E-state index contributed by atoms with van der Waals surface area (Å²) in [4.78, 5) is 14.6. The maximum atomic E-state index is 11.7. The Morgan fingerprint density at radius 1 is 1.69 bits per heavy atom. The zero-order valence-corrected chi connectivity index (χ0v) is 10.1. The Morgan fingerprint density at radius 3 is 2.94 bits per heavy atom. The van der Waals surface area contributed by atoms with Gasteiger partial charge in [0.25, 0.3) is 0 Å². The van der Waals surface area contributed by atoms with Crippen molar-refractivity contribution in [3.8, 4) is 0 Å². The molecule has 2 atom stereocenters. The van der Waals surface area contributed by atoms with Crippen LogP contribution in [0.3, 0.4) is 0 Å². The summed E-state index contributed by atoms with van der Waals surface area (Å²) in [6, 6.07) is 0. The molecule has 0 aliphatic carbocycles. The molecule has 0 radical (unpaired) electrons. The molecule has 1 heterocycles. The molecule has 7 heteroatoms. The van der Waals surface area contributed by atoms with E-state index in [4.69, 9.17) is 5.11 Å². The van der Waals surface area contributed by atoms with Gasteiger partial charge >= 0.3 is 5.97 Å². The summed E-state index contributed by atoms with van der Waals surface area (Å²) >= 11 is 0. The molecule has 1 aromatic rings. The first-order chi connectivity index (χ1) is 7.56. The highest BCUT2D eigenvalue weighted by atomic mass is 32.2. The number of aryl methyl sites for hydroxylation is 1. The largest absolute Gasteiger partial charge is 0.480 e. The first-order valence-corrected chi connectivity index (χ1v) is 6.41. The smallest absolute Gasteiger partial charge is 0.318 e. The Morgan fingerprint density at radius 2 is 2.38 bits per heavy atom. The Labute approximate surface area is 96.1 Å². The Balaban J connectivity index is 2.69. The van der Waals surface area contributed by atoms with Crippen molar-refractivity contribution >= 4 is 16.8 Å². The van der Waals surface area contributed by atoms with E-state index >= 15 is 0 Å². The fourth-order valence-electron chi connectivity index (χ4n) is 1.16. The Bertz CT molecular complexity index is 391. The van der Waals surface area contributed by atoms with Crippen LogP contribution in [-0.2, 0) is 27.9 Å². The molecule has 1 rings (SSSR count). The second kappa shape index (κ2) is 5.74. The van der Waals surface area contributed by atoms with E-state index in [1.54, 1.807) is 4.68 Å². The highest BCUT2D eigenvalue weighted by Gasteiger charge is 2.20. The molecule has 2 unspecified atom stereocenters. The van der Waals surface area contributed by atoms with Gasteiger partial charge in [0.1, 0.15) is 17.4 Å². The SMILES string of the molecule is CCCn1ncnc1CS(=O)C(C)C(=O)O. The highest BCUT2D eigenvalue weighted by Crippen LogP contribution is 2.05. The van der Waals surface area contributed by atoms with Gasteiger partial charge in [0.15, 0.2) is 0 Å². The summed E-state index contributed by atoms with van der Waals surface area (Å²) < 4.78 is 13.3. The molecule has 1 N–H and O–H groups in total. The van der Waals surface area contributed by atoms with Gasteiger partial charge in [0.2, 0.25) is 0 Å². The fourth-order valence-corrected chi connectivity index (χ4v) is 2.12. The van der Waals surface area contributed by atoms with Crippen LogP contribution in [0.5, 0.6) is 0 Å². The lowest BCUT2D eigenvalue weighted by atomic mass is 10.5. The first-order valence-electron chi connectivity index (χ1n) is 5.03. The number of hydrogen-bond donors (Lipinski definition) is 1. The van der Waals surface area contributed by atoms with Crippen LogP contribution in [0.2, 0.25) is 0 Å². The van der Waals surface area contributed by atoms with Crippen LogP contribution in [-0.4, -0.2) is 35.3 Å². The number of carboxylic acids is 1. The molecule has 0 fully saturated rings. The van der Waals surface area contributed by atoms with Gasteiger partial charge in [-0.2, -0.15) is 5.10 Å². The van der Waals surface area contributed by atoms with E-state index in [9.17, 15) is 9.00 Å². The van der Waals surface area contributed by atoms with Crippen LogP contribution in [0.25, 0.3) is 0 Å². The third kappa shape index (κ3) is 3.13. The van der Waals surface area contributed by atoms with Crippen LogP contribution in [0, 0.1) is 0 Å². The highest BCUT2D eigenvalue weighted by molar-refractivity contribution is 7.85. The van der Waals surface area contributed by atoms with E-state index < -0.39 is 22.0 Å². The van der Waals surface area contributed by atoms with Crippen molar-refractivity contribution in [1.82, 2.24) is 14.8 Å². The van der Waals surface area contributed by atoms with Crippen molar-refractivity contribution in [3.63, 3.8) is 0 Å². The van der Waals surface area contributed by atoms with Crippen LogP contribution >= 0.6 is 0 Å². The standard InChI is InChI=1S/C9H15N3O3S/c1-3-4-12-8(10-6-11-12)5-16(15)7(2)9(13)14/h6-7H,3-5H2,1-2H3,(H,13,14). The van der Waals surface area contributed by atoms with Crippen molar-refractivity contribution in [2.24, 2.45) is 0 Å². The minimum Gasteiger partial charge on any atom is -0.480 e. The van der Waals surface area contributed by atoms with Gasteiger partial charge in [-0.1, -0.05) is 6.92 Å². The van der Waals surface area contributed by atoms with Crippen molar-refractivity contribution < 1.29 is 14.1 Å². The Hall–Kier alpha value is -1.24. The zero-order chi connectivity index (χ0) is 12.1. The summed E-state index contributed by atoms with van der Waals surface area (Å²) in [5.74, 6) is -0.346. The monoisotopic (exact) mass is 245 g/mol. The van der Waals surface area contributed by atoms with Gasteiger partial charge in [0.05, 0.1) is 5.75 Å². The fraction of sp³-hybridized carbons (Fsp3) is 0.667. The van der Waals surface area contributed by atoms with Crippen molar-refractivity contribution in [3.05, 3.63) is 12.2 Å². The molecule has 0 bridgehead atoms. The third-order valence-corrected chi connectivity index (χ3v) is 3.68. The molecule has 6 nitrogen and oxygen atoms in total. The van der Waals surface area contributed by atoms with E-state index in [0.717, 1.165) is 6.42 Å². The average Bonchev–Trinajstić information content (AvgIpc) is 2.65. The molecule has 0 saturated carbocycles. The van der Waals surface area contributed by atoms with Gasteiger partial charge in [-0.3, -0.25) is 9.00 Å². The lowest BCUT2D eigenvalue weighted by Crippen LogP contribution is -2.24. The summed E-state index contributed by atoms with van der Waals surface area (Å²) in [6.45, 7) is 4.13. The quantitative estimate of drug-likeness (QED) is 0.784. The van der Waals surface area contributed by atoms with Crippen molar-refractivity contribution in [2.45, 2.75) is 37.8 Å². The molecule has 1 aromatic heterocycles. The number of carboxylic acid groups (broad SMARTS) is 1. The molecular weight excluding hydrogens is 230 g/mol. The number of aliphatic carboxylic acids is 1. The maximum absolute atomic E-state index is 11.7. The van der Waals surface area contributed by atoms with Gasteiger partial charge in [-0.15, -0.1) is 0 Å². The van der Waals surface area contributed by atoms with Crippen LogP contribution in [0.4, 0.5) is 0 Å². The molecule has 0 aliphatic heterocycles. The predicted octanol–water partition coefficient (Wildman–Crippen LogP) is 0.410. The number of carbonyl (C=O) groups is 1. The van der Waals surface area contributed by atoms with Gasteiger partial charge < -0.3 is 5.11 Å². The molecular formula is C9H15N3O3S. The molecule has 16 heavy (non-hydrogen) atoms. The summed E-state index contributed by atoms with van der Waals surface area (Å²) in [5, 5.41) is 11.8. The normalized spacial score (nSPS) is 14.6. The van der Waals surface area contributed by atoms with E-state index in [0.29, 0.717) is 12.4 Å². The summed E-state index contributed by atoms with van der Waals surface area (Å²) in [5.41, 5.74) is 0. The lowest BCUT2D eigenvalue weighted by molar-refractivity contribution is -0.136. The van der Waals surface area contributed by atoms with Crippen molar-refractivity contribution in [1.29, 1.82) is 0 Å². The van der Waals surface area contributed by atoms with Crippen LogP contribution in [0.15, 0.2) is 6.33 Å². The van der Waals surface area contributed by atoms with Gasteiger partial charge in [0, 0.05) is 17.3 Å². The van der Waals surface area contributed by atoms with Crippen molar-refractivity contribution in [2.75, 3.05) is 0 Å². The minimum atomic E-state index is -1.46.